The Labute approximate surface area is 277 Å². The number of benzene rings is 3. The first-order valence-corrected chi connectivity index (χ1v) is 17.1. The van der Waals surface area contributed by atoms with E-state index in [1.165, 1.54) is 53.1 Å². The maximum atomic E-state index is 14.4. The van der Waals surface area contributed by atoms with Crippen molar-refractivity contribution in [3.8, 4) is 6.07 Å². The fourth-order valence-corrected chi connectivity index (χ4v) is 7.17. The van der Waals surface area contributed by atoms with Crippen LogP contribution in [0.5, 0.6) is 0 Å². The minimum absolute atomic E-state index is 0.327. The Morgan fingerprint density at radius 2 is 1.77 bits per heavy atom. The number of nitriles is 1. The van der Waals surface area contributed by atoms with Crippen LogP contribution >= 0.6 is 0 Å². The van der Waals surface area contributed by atoms with Crippen molar-refractivity contribution in [1.82, 2.24) is 19.4 Å². The molecule has 3 aromatic carbocycles. The van der Waals surface area contributed by atoms with Crippen LogP contribution in [0.2, 0.25) is 0 Å². The largest absolute Gasteiger partial charge is 0.343 e. The summed E-state index contributed by atoms with van der Waals surface area (Å²) in [5.74, 6) is 1.68. The molecule has 7 rings (SSSR count). The first-order chi connectivity index (χ1) is 23.0. The van der Waals surface area contributed by atoms with Gasteiger partial charge in [-0.3, -0.25) is 4.90 Å². The molecule has 0 amide bonds. The van der Waals surface area contributed by atoms with Crippen LogP contribution in [-0.4, -0.2) is 32.5 Å². The van der Waals surface area contributed by atoms with Crippen molar-refractivity contribution in [1.29, 1.82) is 5.26 Å². The summed E-state index contributed by atoms with van der Waals surface area (Å²) in [6.07, 6.45) is 9.95. The van der Waals surface area contributed by atoms with E-state index in [-0.39, 0.29) is 5.82 Å². The van der Waals surface area contributed by atoms with Crippen LogP contribution in [0.4, 0.5) is 4.39 Å². The number of hydrogen-bond acceptors (Lipinski definition) is 4. The first-order valence-electron chi connectivity index (χ1n) is 17.1. The smallest absolute Gasteiger partial charge is 0.131 e. The van der Waals surface area contributed by atoms with E-state index in [1.807, 2.05) is 18.3 Å². The van der Waals surface area contributed by atoms with E-state index >= 15 is 0 Å². The average molecular weight is 624 g/mol. The number of halogens is 1. The van der Waals surface area contributed by atoms with E-state index < -0.39 is 0 Å². The van der Waals surface area contributed by atoms with Crippen LogP contribution in [0, 0.1) is 23.1 Å². The molecule has 1 aliphatic carbocycles. The van der Waals surface area contributed by atoms with Gasteiger partial charge in [0.15, 0.2) is 0 Å². The number of aromatic nitrogens is 3. The molecular formula is C41H42FN5. The van der Waals surface area contributed by atoms with Gasteiger partial charge in [0.2, 0.25) is 0 Å². The molecule has 5 aromatic rings. The second-order valence-corrected chi connectivity index (χ2v) is 13.5. The number of rotatable bonds is 11. The van der Waals surface area contributed by atoms with Crippen LogP contribution in [0.3, 0.4) is 0 Å². The number of likely N-dealkylation sites (tertiary alicyclic amines) is 1. The van der Waals surface area contributed by atoms with E-state index in [1.54, 1.807) is 12.1 Å². The lowest BCUT2D eigenvalue weighted by Crippen LogP contribution is -2.34. The third-order valence-electron chi connectivity index (χ3n) is 10.2. The molecule has 1 aliphatic heterocycles. The summed E-state index contributed by atoms with van der Waals surface area (Å²) in [4.78, 5) is 12.2. The number of aryl methyl sites for hydroxylation is 2. The Morgan fingerprint density at radius 3 is 2.51 bits per heavy atom. The van der Waals surface area contributed by atoms with Crippen molar-refractivity contribution in [3.05, 3.63) is 137 Å². The summed E-state index contributed by atoms with van der Waals surface area (Å²) >= 11 is 0. The molecule has 0 radical (unpaired) electrons. The fraction of sp³-hybridized carbons (Fsp3) is 0.341. The molecule has 2 fully saturated rings. The van der Waals surface area contributed by atoms with Gasteiger partial charge in [-0.25, -0.2) is 14.4 Å². The van der Waals surface area contributed by atoms with E-state index in [2.05, 4.69) is 75.6 Å². The zero-order chi connectivity index (χ0) is 32.2. The maximum Gasteiger partial charge on any atom is 0.131 e. The van der Waals surface area contributed by atoms with E-state index in [4.69, 9.17) is 10.2 Å². The number of piperidine rings is 1. The molecule has 3 heterocycles. The zero-order valence-electron chi connectivity index (χ0n) is 27.0. The first kappa shape index (κ1) is 31.0. The topological polar surface area (TPSA) is 57.7 Å². The highest BCUT2D eigenvalue weighted by atomic mass is 19.1. The molecule has 2 aliphatic rings. The molecule has 5 nitrogen and oxygen atoms in total. The number of nitrogens with zero attached hydrogens (tertiary/aromatic N) is 5. The number of fused-ring (bicyclic) bond motifs is 1. The molecular weight excluding hydrogens is 581 g/mol. The third kappa shape index (κ3) is 7.21. The van der Waals surface area contributed by atoms with Crippen molar-refractivity contribution < 1.29 is 4.39 Å². The minimum Gasteiger partial charge on any atom is -0.343 e. The summed E-state index contributed by atoms with van der Waals surface area (Å²) < 4.78 is 17.0. The fourth-order valence-electron chi connectivity index (χ4n) is 7.17. The van der Waals surface area contributed by atoms with Gasteiger partial charge in [0.1, 0.15) is 11.6 Å². The predicted octanol–water partition coefficient (Wildman–Crippen LogP) is 8.66. The van der Waals surface area contributed by atoms with Crippen molar-refractivity contribution in [2.45, 2.75) is 70.4 Å². The molecule has 2 aromatic heterocycles. The summed E-state index contributed by atoms with van der Waals surface area (Å²) in [7, 11) is 0. The van der Waals surface area contributed by atoms with Crippen molar-refractivity contribution >= 4 is 16.5 Å². The SMILES string of the molecule is C=C(Cc1ccccc1)c1ccc2cc(CN3CCC(c4nccc(CCc5ccc(C#N)cc5F)n4)CC3)n(CC3CCC3)c2c1. The average Bonchev–Trinajstić information content (AvgIpc) is 3.42. The van der Waals surface area contributed by atoms with E-state index in [0.29, 0.717) is 29.9 Å². The highest BCUT2D eigenvalue weighted by Gasteiger charge is 2.25. The predicted molar refractivity (Wildman–Crippen MR) is 186 cm³/mol. The molecule has 238 valence electrons. The van der Waals surface area contributed by atoms with Gasteiger partial charge in [-0.05, 0) is 122 Å². The van der Waals surface area contributed by atoms with Gasteiger partial charge in [-0.2, -0.15) is 5.26 Å². The van der Waals surface area contributed by atoms with Crippen LogP contribution in [0.15, 0.2) is 91.6 Å². The van der Waals surface area contributed by atoms with Crippen molar-refractivity contribution in [2.75, 3.05) is 13.1 Å². The zero-order valence-corrected chi connectivity index (χ0v) is 27.0. The molecule has 0 atom stereocenters. The van der Waals surface area contributed by atoms with Gasteiger partial charge < -0.3 is 4.57 Å². The second kappa shape index (κ2) is 14.0. The molecule has 6 heteroatoms. The lowest BCUT2D eigenvalue weighted by molar-refractivity contribution is 0.194. The molecule has 1 saturated carbocycles. The highest BCUT2D eigenvalue weighted by Crippen LogP contribution is 2.34. The number of allylic oxidation sites excluding steroid dienone is 1. The molecule has 47 heavy (non-hydrogen) atoms. The van der Waals surface area contributed by atoms with Crippen LogP contribution in [0.1, 0.15) is 77.5 Å². The normalized spacial score (nSPS) is 15.8. The van der Waals surface area contributed by atoms with Gasteiger partial charge in [-0.15, -0.1) is 0 Å². The number of hydrogen-bond donors (Lipinski definition) is 0. The Bertz CT molecular complexity index is 1910. The van der Waals surface area contributed by atoms with Gasteiger partial charge in [0.25, 0.3) is 0 Å². The molecule has 0 N–H and O–H groups in total. The summed E-state index contributed by atoms with van der Waals surface area (Å²) in [5, 5.41) is 10.3. The monoisotopic (exact) mass is 623 g/mol. The van der Waals surface area contributed by atoms with Gasteiger partial charge in [-0.1, -0.05) is 61.5 Å². The van der Waals surface area contributed by atoms with Crippen molar-refractivity contribution in [2.24, 2.45) is 5.92 Å². The van der Waals surface area contributed by atoms with Gasteiger partial charge in [0, 0.05) is 42.1 Å². The molecule has 0 spiro atoms. The van der Waals surface area contributed by atoms with Gasteiger partial charge >= 0.3 is 0 Å². The lowest BCUT2D eigenvalue weighted by Gasteiger charge is -2.32. The molecule has 0 unspecified atom stereocenters. The summed E-state index contributed by atoms with van der Waals surface area (Å²) in [5.41, 5.74) is 8.31. The quantitative estimate of drug-likeness (QED) is 0.148. The summed E-state index contributed by atoms with van der Waals surface area (Å²) in [6.45, 7) is 8.53. The van der Waals surface area contributed by atoms with Crippen LogP contribution < -0.4 is 0 Å². The second-order valence-electron chi connectivity index (χ2n) is 13.5. The van der Waals surface area contributed by atoms with Crippen LogP contribution in [0.25, 0.3) is 16.5 Å². The van der Waals surface area contributed by atoms with Crippen LogP contribution in [-0.2, 0) is 32.4 Å². The highest BCUT2D eigenvalue weighted by molar-refractivity contribution is 5.85. The standard InChI is InChI=1S/C41H42FN5/c1-29(22-30-6-3-2-4-7-30)35-12-13-36-24-38(47(40(36)25-35)27-31-8-5-9-31)28-46-20-17-34(18-21-46)41-44-19-16-37(45-41)15-14-33-11-10-32(26-43)23-39(33)42/h2-4,6-7,10-13,16,19,23-25,31,34H,1,5,8-9,14-15,17-18,20-22,27-28H2. The van der Waals surface area contributed by atoms with E-state index in [9.17, 15) is 4.39 Å². The maximum absolute atomic E-state index is 14.4. The van der Waals surface area contributed by atoms with Crippen molar-refractivity contribution in [3.63, 3.8) is 0 Å². The lowest BCUT2D eigenvalue weighted by atomic mass is 9.85. The van der Waals surface area contributed by atoms with Gasteiger partial charge in [0.05, 0.1) is 11.6 Å². The Balaban J connectivity index is 1.01. The molecule has 0 bridgehead atoms. The van der Waals surface area contributed by atoms with E-state index in [0.717, 1.165) is 68.5 Å². The Hall–Kier alpha value is -4.60. The minimum atomic E-state index is -0.327. The summed E-state index contributed by atoms with van der Waals surface area (Å²) in [6, 6.07) is 28.5. The molecule has 1 saturated heterocycles. The third-order valence-corrected chi connectivity index (χ3v) is 10.2. The Morgan fingerprint density at radius 1 is 0.936 bits per heavy atom. The Kier molecular flexibility index (Phi) is 9.26.